The number of aromatic nitrogens is 2. The van der Waals surface area contributed by atoms with E-state index in [4.69, 9.17) is 4.74 Å². The zero-order valence-corrected chi connectivity index (χ0v) is 25.9. The summed E-state index contributed by atoms with van der Waals surface area (Å²) in [7, 11) is 6.48. The van der Waals surface area contributed by atoms with Crippen molar-refractivity contribution in [1.29, 1.82) is 0 Å². The summed E-state index contributed by atoms with van der Waals surface area (Å²) in [6, 6.07) is 11.8. The normalized spacial score (nSPS) is 10.8. The molecule has 0 aliphatic heterocycles. The predicted octanol–water partition coefficient (Wildman–Crippen LogP) is 5.33. The molecule has 4 rings (SSSR count). The van der Waals surface area contributed by atoms with Gasteiger partial charge in [0.15, 0.2) is 5.82 Å². The molecule has 0 aliphatic rings. The Balaban J connectivity index is 1.84. The minimum Gasteiger partial charge on any atom is -0.480 e. The second-order valence-electron chi connectivity index (χ2n) is 9.89. The first kappa shape index (κ1) is 32.9. The van der Waals surface area contributed by atoms with Crippen LogP contribution in [-0.4, -0.2) is 61.9 Å². The average Bonchev–Trinajstić information content (AvgIpc) is 3.32. The third-order valence-corrected chi connectivity index (χ3v) is 7.97. The molecule has 5 amide bonds. The maximum Gasteiger partial charge on any atom is 0.343 e. The highest BCUT2D eigenvalue weighted by atomic mass is 32.1. The molecule has 236 valence electrons. The van der Waals surface area contributed by atoms with Crippen LogP contribution in [0.15, 0.2) is 54.6 Å². The summed E-state index contributed by atoms with van der Waals surface area (Å²) in [6.45, 7) is 1.74. The Morgan fingerprint density at radius 1 is 0.956 bits per heavy atom. The molecule has 2 heterocycles. The van der Waals surface area contributed by atoms with Crippen molar-refractivity contribution >= 4 is 46.3 Å². The van der Waals surface area contributed by atoms with E-state index in [0.717, 1.165) is 33.0 Å². The van der Waals surface area contributed by atoms with Crippen LogP contribution in [0.4, 0.5) is 34.9 Å². The molecule has 0 saturated carbocycles. The van der Waals surface area contributed by atoms with E-state index in [-0.39, 0.29) is 23.7 Å². The van der Waals surface area contributed by atoms with Crippen LogP contribution in [0.3, 0.4) is 0 Å². The second kappa shape index (κ2) is 14.7. The predicted molar refractivity (Wildman–Crippen MR) is 166 cm³/mol. The average molecular weight is 640 g/mol. The molecule has 4 aromatic rings. The molecule has 0 atom stereocenters. The second-order valence-corrected chi connectivity index (χ2v) is 10.9. The van der Waals surface area contributed by atoms with Gasteiger partial charge in [-0.15, -0.1) is 21.5 Å². The zero-order chi connectivity index (χ0) is 32.7. The fourth-order valence-electron chi connectivity index (χ4n) is 4.43. The van der Waals surface area contributed by atoms with Gasteiger partial charge in [-0.25, -0.2) is 28.7 Å². The lowest BCUT2D eigenvalue weighted by atomic mass is 10.0. The van der Waals surface area contributed by atoms with Gasteiger partial charge in [0.1, 0.15) is 16.6 Å². The molecule has 0 fully saturated rings. The molecule has 0 radical (unpaired) electrons. The Bertz CT molecular complexity index is 1650. The number of thiophene rings is 1. The first-order valence-corrected chi connectivity index (χ1v) is 14.2. The van der Waals surface area contributed by atoms with Crippen molar-refractivity contribution in [3.05, 3.63) is 82.9 Å². The van der Waals surface area contributed by atoms with Gasteiger partial charge in [-0.2, -0.15) is 0 Å². The third kappa shape index (κ3) is 7.57. The van der Waals surface area contributed by atoms with Gasteiger partial charge in [0.2, 0.25) is 12.3 Å². The minimum atomic E-state index is -0.900. The summed E-state index contributed by atoms with van der Waals surface area (Å²) in [5.74, 6) is -1.65. The summed E-state index contributed by atoms with van der Waals surface area (Å²) in [5.41, 5.74) is 4.61. The molecule has 0 aliphatic carbocycles. The van der Waals surface area contributed by atoms with Crippen molar-refractivity contribution in [3.8, 4) is 16.3 Å². The van der Waals surface area contributed by atoms with Crippen molar-refractivity contribution in [2.75, 3.05) is 43.4 Å². The van der Waals surface area contributed by atoms with Gasteiger partial charge in [-0.3, -0.25) is 14.5 Å². The fraction of sp³-hybridized carbons (Fsp3) is 0.233. The molecule has 2 aromatic heterocycles. The smallest absolute Gasteiger partial charge is 0.343 e. The SMILES string of the molecule is CONC(=O)Nc1ccc(-c2sc(N(Cc3c(F)cccc3F)C(=O)N(C=O)c3ccc(OC)nn3)c(C)c2CN(C)C)cc1. The van der Waals surface area contributed by atoms with Gasteiger partial charge in [0.25, 0.3) is 0 Å². The number of halogens is 2. The molecule has 45 heavy (non-hydrogen) atoms. The molecule has 0 bridgehead atoms. The number of benzene rings is 2. The highest BCUT2D eigenvalue weighted by Gasteiger charge is 2.31. The Morgan fingerprint density at radius 2 is 1.64 bits per heavy atom. The summed E-state index contributed by atoms with van der Waals surface area (Å²) in [5, 5.41) is 10.7. The molecular weight excluding hydrogens is 608 g/mol. The van der Waals surface area contributed by atoms with Crippen molar-refractivity contribution in [2.24, 2.45) is 0 Å². The lowest BCUT2D eigenvalue weighted by Crippen LogP contribution is -2.43. The number of nitrogens with zero attached hydrogens (tertiary/aromatic N) is 5. The van der Waals surface area contributed by atoms with E-state index >= 15 is 0 Å². The van der Waals surface area contributed by atoms with E-state index in [9.17, 15) is 23.2 Å². The van der Waals surface area contributed by atoms with Gasteiger partial charge < -0.3 is 15.0 Å². The highest BCUT2D eigenvalue weighted by molar-refractivity contribution is 7.20. The Kier molecular flexibility index (Phi) is 10.7. The van der Waals surface area contributed by atoms with Gasteiger partial charge in [0, 0.05) is 28.7 Å². The number of hydroxylamine groups is 1. The van der Waals surface area contributed by atoms with Gasteiger partial charge in [-0.1, -0.05) is 18.2 Å². The molecule has 15 heteroatoms. The number of anilines is 3. The van der Waals surface area contributed by atoms with Crippen molar-refractivity contribution < 1.29 is 32.7 Å². The molecule has 2 aromatic carbocycles. The van der Waals surface area contributed by atoms with E-state index in [2.05, 4.69) is 25.8 Å². The number of hydrogen-bond acceptors (Lipinski definition) is 9. The van der Waals surface area contributed by atoms with Gasteiger partial charge in [0.05, 0.1) is 20.8 Å². The van der Waals surface area contributed by atoms with Crippen molar-refractivity contribution in [1.82, 2.24) is 20.6 Å². The number of urea groups is 2. The van der Waals surface area contributed by atoms with Crippen molar-refractivity contribution in [2.45, 2.75) is 20.0 Å². The molecule has 12 nitrogen and oxygen atoms in total. The highest BCUT2D eigenvalue weighted by Crippen LogP contribution is 2.44. The number of carbonyl (C=O) groups is 3. The van der Waals surface area contributed by atoms with Crippen LogP contribution in [-0.2, 0) is 22.7 Å². The largest absolute Gasteiger partial charge is 0.480 e. The van der Waals surface area contributed by atoms with Crippen LogP contribution >= 0.6 is 11.3 Å². The van der Waals surface area contributed by atoms with E-state index in [1.807, 2.05) is 19.0 Å². The fourth-order valence-corrected chi connectivity index (χ4v) is 5.75. The molecule has 2 N–H and O–H groups in total. The summed E-state index contributed by atoms with van der Waals surface area (Å²) < 4.78 is 34.9. The first-order chi connectivity index (χ1) is 21.6. The number of amides is 5. The Hall–Kier alpha value is -4.99. The number of nitrogens with one attached hydrogen (secondary N) is 2. The quantitative estimate of drug-likeness (QED) is 0.166. The Labute approximate surface area is 262 Å². The van der Waals surface area contributed by atoms with Gasteiger partial charge in [-0.05, 0) is 68.0 Å². The maximum atomic E-state index is 14.9. The lowest BCUT2D eigenvalue weighted by molar-refractivity contribution is -0.106. The molecule has 0 spiro atoms. The number of ether oxygens (including phenoxy) is 1. The number of rotatable bonds is 11. The summed E-state index contributed by atoms with van der Waals surface area (Å²) in [4.78, 5) is 47.4. The topological polar surface area (TPSA) is 129 Å². The number of methoxy groups -OCH3 is 1. The van der Waals surface area contributed by atoms with E-state index in [0.29, 0.717) is 27.7 Å². The summed E-state index contributed by atoms with van der Waals surface area (Å²) in [6.07, 6.45) is 0.263. The van der Waals surface area contributed by atoms with E-state index in [1.54, 1.807) is 31.2 Å². The molecule has 0 unspecified atom stereocenters. The van der Waals surface area contributed by atoms with E-state index < -0.39 is 30.2 Å². The van der Waals surface area contributed by atoms with Crippen LogP contribution in [0.1, 0.15) is 16.7 Å². The number of carbonyl (C=O) groups excluding carboxylic acids is 3. The monoisotopic (exact) mass is 639 g/mol. The van der Waals surface area contributed by atoms with E-state index in [1.165, 1.54) is 43.8 Å². The third-order valence-electron chi connectivity index (χ3n) is 6.57. The van der Waals surface area contributed by atoms with Crippen molar-refractivity contribution in [3.63, 3.8) is 0 Å². The number of hydrogen-bond donors (Lipinski definition) is 2. The van der Waals surface area contributed by atoms with Crippen LogP contribution in [0.2, 0.25) is 0 Å². The molecule has 0 saturated heterocycles. The van der Waals surface area contributed by atoms with Crippen LogP contribution in [0.5, 0.6) is 5.88 Å². The summed E-state index contributed by atoms with van der Waals surface area (Å²) >= 11 is 1.22. The molecular formula is C30H31F2N7O5S. The van der Waals surface area contributed by atoms with Gasteiger partial charge >= 0.3 is 12.1 Å². The lowest BCUT2D eigenvalue weighted by Gasteiger charge is -2.27. The standard InChI is InChI=1S/C30H31F2N7O5S/c1-18-21(15-37(2)3)27(19-9-11-20(12-10-19)33-29(41)36-44-5)45-28(18)38(16-22-23(31)7-6-8-24(22)32)30(42)39(17-40)25-13-14-26(43-4)35-34-25/h6-14,17H,15-16H2,1-5H3,(H2,33,36,41). The Morgan fingerprint density at radius 3 is 2.20 bits per heavy atom. The maximum absolute atomic E-state index is 14.9. The first-order valence-electron chi connectivity index (χ1n) is 13.4. The van der Waals surface area contributed by atoms with Crippen LogP contribution in [0.25, 0.3) is 10.4 Å². The number of imide groups is 1. The zero-order valence-electron chi connectivity index (χ0n) is 25.1. The minimum absolute atomic E-state index is 0.113. The van der Waals surface area contributed by atoms with Crippen LogP contribution < -0.4 is 25.3 Å². The van der Waals surface area contributed by atoms with Crippen LogP contribution in [0, 0.1) is 18.6 Å².